The predicted molar refractivity (Wildman–Crippen MR) is 98.4 cm³/mol. The molecular weight excluding hydrogens is 362 g/mol. The van der Waals surface area contributed by atoms with Crippen molar-refractivity contribution in [2.45, 2.75) is 18.4 Å². The second kappa shape index (κ2) is 6.67. The van der Waals surface area contributed by atoms with Crippen LogP contribution in [0.4, 0.5) is 5.69 Å². The molecule has 1 N–H and O–H groups in total. The summed E-state index contributed by atoms with van der Waals surface area (Å²) in [6, 6.07) is 9.87. The summed E-state index contributed by atoms with van der Waals surface area (Å²) < 4.78 is 33.3. The van der Waals surface area contributed by atoms with Crippen molar-refractivity contribution in [3.8, 4) is 0 Å². The topological polar surface area (TPSA) is 75.4 Å². The SMILES string of the molecule is Cc1c(Cl)cccc1S(=O)(=O)Nc1ccc2onc(CN(C)C)c2c1. The van der Waals surface area contributed by atoms with Crippen LogP contribution in [-0.4, -0.2) is 32.6 Å². The molecule has 25 heavy (non-hydrogen) atoms. The van der Waals surface area contributed by atoms with Crippen LogP contribution in [0.5, 0.6) is 0 Å². The Kier molecular flexibility index (Phi) is 4.73. The highest BCUT2D eigenvalue weighted by atomic mass is 35.5. The molecule has 0 radical (unpaired) electrons. The Hall–Kier alpha value is -2.09. The van der Waals surface area contributed by atoms with E-state index in [9.17, 15) is 8.42 Å². The number of fused-ring (bicyclic) bond motifs is 1. The number of benzene rings is 2. The molecule has 1 heterocycles. The minimum absolute atomic E-state index is 0.152. The van der Waals surface area contributed by atoms with Crippen molar-refractivity contribution >= 4 is 38.3 Å². The Morgan fingerprint density at radius 1 is 1.24 bits per heavy atom. The maximum Gasteiger partial charge on any atom is 0.262 e. The van der Waals surface area contributed by atoms with E-state index in [1.807, 2.05) is 19.0 Å². The second-order valence-electron chi connectivity index (χ2n) is 6.05. The summed E-state index contributed by atoms with van der Waals surface area (Å²) in [7, 11) is 0.101. The number of anilines is 1. The van der Waals surface area contributed by atoms with Crippen molar-refractivity contribution in [3.05, 3.63) is 52.7 Å². The molecule has 0 saturated heterocycles. The molecule has 2 aromatic carbocycles. The Morgan fingerprint density at radius 3 is 2.72 bits per heavy atom. The van der Waals surface area contributed by atoms with Crippen LogP contribution in [0.1, 0.15) is 11.3 Å². The van der Waals surface area contributed by atoms with Gasteiger partial charge in [-0.05, 0) is 56.9 Å². The Morgan fingerprint density at radius 2 is 2.00 bits per heavy atom. The minimum atomic E-state index is -3.75. The molecule has 0 bridgehead atoms. The van der Waals surface area contributed by atoms with Gasteiger partial charge in [0.1, 0.15) is 5.69 Å². The average molecular weight is 380 g/mol. The molecule has 3 rings (SSSR count). The van der Waals surface area contributed by atoms with Crippen LogP contribution in [0.3, 0.4) is 0 Å². The normalized spacial score (nSPS) is 12.0. The Balaban J connectivity index is 1.98. The minimum Gasteiger partial charge on any atom is -0.356 e. The first-order valence-electron chi connectivity index (χ1n) is 7.59. The number of rotatable bonds is 5. The molecule has 0 aliphatic heterocycles. The summed E-state index contributed by atoms with van der Waals surface area (Å²) in [6.45, 7) is 2.27. The first-order chi connectivity index (χ1) is 11.8. The van der Waals surface area contributed by atoms with Crippen LogP contribution in [0.25, 0.3) is 11.0 Å². The van der Waals surface area contributed by atoms with Crippen molar-refractivity contribution in [1.82, 2.24) is 10.1 Å². The monoisotopic (exact) mass is 379 g/mol. The van der Waals surface area contributed by atoms with Crippen LogP contribution < -0.4 is 4.72 Å². The smallest absolute Gasteiger partial charge is 0.262 e. The van der Waals surface area contributed by atoms with Crippen molar-refractivity contribution in [2.75, 3.05) is 18.8 Å². The lowest BCUT2D eigenvalue weighted by Crippen LogP contribution is -2.14. The molecule has 0 saturated carbocycles. The first kappa shape index (κ1) is 17.7. The molecule has 1 aromatic heterocycles. The molecule has 0 aliphatic carbocycles. The van der Waals surface area contributed by atoms with E-state index in [2.05, 4.69) is 9.88 Å². The lowest BCUT2D eigenvalue weighted by molar-refractivity contribution is 0.373. The number of nitrogens with one attached hydrogen (secondary N) is 1. The van der Waals surface area contributed by atoms with Crippen LogP contribution in [-0.2, 0) is 16.6 Å². The molecule has 3 aromatic rings. The standard InChI is InChI=1S/C17H18ClN3O3S/c1-11-14(18)5-4-6-17(11)25(22,23)20-12-7-8-16-13(9-12)15(19-24-16)10-21(2)3/h4-9,20H,10H2,1-3H3. The van der Waals surface area contributed by atoms with Crippen molar-refractivity contribution < 1.29 is 12.9 Å². The lowest BCUT2D eigenvalue weighted by Gasteiger charge is -2.11. The molecule has 0 aliphatic rings. The summed E-state index contributed by atoms with van der Waals surface area (Å²) in [5.74, 6) is 0. The fourth-order valence-electron chi connectivity index (χ4n) is 2.55. The highest BCUT2D eigenvalue weighted by molar-refractivity contribution is 7.92. The van der Waals surface area contributed by atoms with E-state index in [1.54, 1.807) is 37.3 Å². The molecule has 0 fully saturated rings. The maximum atomic E-state index is 12.7. The van der Waals surface area contributed by atoms with Gasteiger partial charge in [0, 0.05) is 22.6 Å². The summed E-state index contributed by atoms with van der Waals surface area (Å²) in [5, 5.41) is 5.23. The number of sulfonamides is 1. The predicted octanol–water partition coefficient (Wildman–Crippen LogP) is 3.65. The lowest BCUT2D eigenvalue weighted by atomic mass is 10.2. The van der Waals surface area contributed by atoms with Crippen molar-refractivity contribution in [2.24, 2.45) is 0 Å². The van der Waals surface area contributed by atoms with E-state index < -0.39 is 10.0 Å². The number of halogens is 1. The highest BCUT2D eigenvalue weighted by Crippen LogP contribution is 2.27. The van der Waals surface area contributed by atoms with E-state index in [1.165, 1.54) is 6.07 Å². The zero-order valence-electron chi connectivity index (χ0n) is 14.1. The molecule has 0 spiro atoms. The fourth-order valence-corrected chi connectivity index (χ4v) is 4.10. The summed E-state index contributed by atoms with van der Waals surface area (Å²) in [6.07, 6.45) is 0. The van der Waals surface area contributed by atoms with Crippen LogP contribution in [0.15, 0.2) is 45.8 Å². The van der Waals surface area contributed by atoms with Gasteiger partial charge in [0.25, 0.3) is 10.0 Å². The fraction of sp³-hybridized carbons (Fsp3) is 0.235. The van der Waals surface area contributed by atoms with Gasteiger partial charge in [-0.3, -0.25) is 4.72 Å². The number of hydrogen-bond acceptors (Lipinski definition) is 5. The van der Waals surface area contributed by atoms with Crippen molar-refractivity contribution in [1.29, 1.82) is 0 Å². The molecule has 6 nitrogen and oxygen atoms in total. The van der Waals surface area contributed by atoms with E-state index >= 15 is 0 Å². The van der Waals surface area contributed by atoms with Gasteiger partial charge in [-0.2, -0.15) is 0 Å². The van der Waals surface area contributed by atoms with Gasteiger partial charge in [0.15, 0.2) is 5.58 Å². The summed E-state index contributed by atoms with van der Waals surface area (Å²) in [4.78, 5) is 2.11. The number of hydrogen-bond donors (Lipinski definition) is 1. The van der Waals surface area contributed by atoms with Crippen LogP contribution in [0.2, 0.25) is 5.02 Å². The molecule has 132 valence electrons. The second-order valence-corrected chi connectivity index (χ2v) is 8.10. The van der Waals surface area contributed by atoms with E-state index in [4.69, 9.17) is 16.1 Å². The maximum absolute atomic E-state index is 12.7. The summed E-state index contributed by atoms with van der Waals surface area (Å²) >= 11 is 6.04. The van der Waals surface area contributed by atoms with Crippen LogP contribution >= 0.6 is 11.6 Å². The third-order valence-corrected chi connectivity index (χ3v) is 5.71. The van der Waals surface area contributed by atoms with E-state index in [0.717, 1.165) is 11.1 Å². The van der Waals surface area contributed by atoms with Crippen LogP contribution in [0, 0.1) is 6.92 Å². The van der Waals surface area contributed by atoms with E-state index in [0.29, 0.717) is 28.4 Å². The van der Waals surface area contributed by atoms with Gasteiger partial charge in [0.2, 0.25) is 0 Å². The number of nitrogens with zero attached hydrogens (tertiary/aromatic N) is 2. The van der Waals surface area contributed by atoms with Gasteiger partial charge < -0.3 is 9.42 Å². The zero-order chi connectivity index (χ0) is 18.2. The molecule has 0 atom stereocenters. The highest BCUT2D eigenvalue weighted by Gasteiger charge is 2.19. The van der Waals surface area contributed by atoms with Gasteiger partial charge in [-0.15, -0.1) is 0 Å². The van der Waals surface area contributed by atoms with E-state index in [-0.39, 0.29) is 4.90 Å². The van der Waals surface area contributed by atoms with Gasteiger partial charge in [-0.1, -0.05) is 22.8 Å². The van der Waals surface area contributed by atoms with Crippen molar-refractivity contribution in [3.63, 3.8) is 0 Å². The Labute approximate surface area is 151 Å². The largest absolute Gasteiger partial charge is 0.356 e. The third-order valence-electron chi connectivity index (χ3n) is 3.77. The molecular formula is C17H18ClN3O3S. The number of aromatic nitrogens is 1. The van der Waals surface area contributed by atoms with Gasteiger partial charge in [0.05, 0.1) is 4.90 Å². The average Bonchev–Trinajstić information content (AvgIpc) is 2.91. The molecule has 0 amide bonds. The first-order valence-corrected chi connectivity index (χ1v) is 9.45. The third kappa shape index (κ3) is 3.63. The van der Waals surface area contributed by atoms with Gasteiger partial charge >= 0.3 is 0 Å². The Bertz CT molecular complexity index is 1030. The summed E-state index contributed by atoms with van der Waals surface area (Å²) in [5.41, 5.74) is 2.31. The molecule has 8 heteroatoms. The molecule has 0 unspecified atom stereocenters. The zero-order valence-corrected chi connectivity index (χ0v) is 15.6. The quantitative estimate of drug-likeness (QED) is 0.732. The van der Waals surface area contributed by atoms with Gasteiger partial charge in [-0.25, -0.2) is 8.42 Å².